The summed E-state index contributed by atoms with van der Waals surface area (Å²) in [4.78, 5) is 13.5. The van der Waals surface area contributed by atoms with Gasteiger partial charge in [0.25, 0.3) is 5.91 Å². The first kappa shape index (κ1) is 10.9. The quantitative estimate of drug-likeness (QED) is 0.807. The molecule has 0 radical (unpaired) electrons. The van der Waals surface area contributed by atoms with Gasteiger partial charge < -0.3 is 5.32 Å². The SMILES string of the molecule is C=C1NC(=O)c2cc(-c3ccccc3)sc2C1=N. The van der Waals surface area contributed by atoms with E-state index in [4.69, 9.17) is 5.41 Å². The van der Waals surface area contributed by atoms with Crippen molar-refractivity contribution in [2.24, 2.45) is 0 Å². The van der Waals surface area contributed by atoms with Gasteiger partial charge in [-0.25, -0.2) is 0 Å². The zero-order valence-corrected chi connectivity index (χ0v) is 10.3. The fourth-order valence-corrected chi connectivity index (χ4v) is 3.03. The Balaban J connectivity index is 2.16. The van der Waals surface area contributed by atoms with Crippen LogP contribution in [0.15, 0.2) is 48.7 Å². The second-order valence-electron chi connectivity index (χ2n) is 4.03. The van der Waals surface area contributed by atoms with E-state index in [1.54, 1.807) is 0 Å². The van der Waals surface area contributed by atoms with E-state index >= 15 is 0 Å². The summed E-state index contributed by atoms with van der Waals surface area (Å²) in [7, 11) is 0. The summed E-state index contributed by atoms with van der Waals surface area (Å²) in [5.41, 5.74) is 2.30. The van der Waals surface area contributed by atoms with Crippen LogP contribution in [0.3, 0.4) is 0 Å². The number of benzene rings is 1. The fraction of sp³-hybridized carbons (Fsp3) is 0. The number of thiophene rings is 1. The molecule has 2 N–H and O–H groups in total. The molecule has 3 nitrogen and oxygen atoms in total. The lowest BCUT2D eigenvalue weighted by atomic mass is 10.1. The molecule has 0 fully saturated rings. The van der Waals surface area contributed by atoms with Crippen LogP contribution in [-0.4, -0.2) is 11.6 Å². The number of carbonyl (C=O) groups is 1. The number of fused-ring (bicyclic) bond motifs is 1. The highest BCUT2D eigenvalue weighted by Crippen LogP contribution is 2.34. The van der Waals surface area contributed by atoms with Crippen LogP contribution < -0.4 is 5.32 Å². The summed E-state index contributed by atoms with van der Waals surface area (Å²) >= 11 is 1.46. The van der Waals surface area contributed by atoms with Crippen LogP contribution in [-0.2, 0) is 0 Å². The molecule has 0 aliphatic carbocycles. The molecule has 1 amide bonds. The van der Waals surface area contributed by atoms with E-state index in [2.05, 4.69) is 11.9 Å². The van der Waals surface area contributed by atoms with Gasteiger partial charge in [-0.05, 0) is 11.6 Å². The monoisotopic (exact) mass is 254 g/mol. The molecule has 2 aromatic rings. The van der Waals surface area contributed by atoms with Gasteiger partial charge in [-0.1, -0.05) is 36.9 Å². The Morgan fingerprint density at radius 3 is 2.67 bits per heavy atom. The van der Waals surface area contributed by atoms with E-state index < -0.39 is 0 Å². The molecule has 2 heterocycles. The van der Waals surface area contributed by atoms with Gasteiger partial charge in [-0.15, -0.1) is 11.3 Å². The summed E-state index contributed by atoms with van der Waals surface area (Å²) in [6, 6.07) is 11.7. The molecule has 3 rings (SSSR count). The summed E-state index contributed by atoms with van der Waals surface area (Å²) in [5.74, 6) is -0.176. The molecule has 0 unspecified atom stereocenters. The summed E-state index contributed by atoms with van der Waals surface area (Å²) in [6.07, 6.45) is 0. The molecule has 0 saturated carbocycles. The number of carbonyl (C=O) groups excluding carboxylic acids is 1. The van der Waals surface area contributed by atoms with E-state index in [1.165, 1.54) is 11.3 Å². The smallest absolute Gasteiger partial charge is 0.257 e. The lowest BCUT2D eigenvalue weighted by Gasteiger charge is -2.15. The highest BCUT2D eigenvalue weighted by atomic mass is 32.1. The normalized spacial score (nSPS) is 14.3. The molecule has 1 aliphatic rings. The maximum absolute atomic E-state index is 11.8. The molecular formula is C14H10N2OS. The molecule has 4 heteroatoms. The zero-order chi connectivity index (χ0) is 12.7. The van der Waals surface area contributed by atoms with Crippen LogP contribution in [0, 0.1) is 5.41 Å². The minimum atomic E-state index is -0.176. The van der Waals surface area contributed by atoms with Crippen LogP contribution in [0.1, 0.15) is 15.2 Å². The van der Waals surface area contributed by atoms with Crippen LogP contribution >= 0.6 is 11.3 Å². The highest BCUT2D eigenvalue weighted by molar-refractivity contribution is 7.18. The molecule has 0 saturated heterocycles. The summed E-state index contributed by atoms with van der Waals surface area (Å²) in [5, 5.41) is 10.5. The number of amides is 1. The Morgan fingerprint density at radius 2 is 1.94 bits per heavy atom. The zero-order valence-electron chi connectivity index (χ0n) is 9.49. The number of rotatable bonds is 1. The number of hydrogen-bond donors (Lipinski definition) is 2. The van der Waals surface area contributed by atoms with Crippen molar-refractivity contribution in [2.75, 3.05) is 0 Å². The van der Waals surface area contributed by atoms with Gasteiger partial charge in [0.2, 0.25) is 0 Å². The van der Waals surface area contributed by atoms with Crippen LogP contribution in [0.25, 0.3) is 10.4 Å². The molecule has 1 aromatic carbocycles. The van der Waals surface area contributed by atoms with Crippen molar-refractivity contribution >= 4 is 23.0 Å². The van der Waals surface area contributed by atoms with Gasteiger partial charge >= 0.3 is 0 Å². The Bertz CT molecular complexity index is 670. The van der Waals surface area contributed by atoms with Gasteiger partial charge in [0.15, 0.2) is 0 Å². The van der Waals surface area contributed by atoms with Crippen LogP contribution in [0.5, 0.6) is 0 Å². The van der Waals surface area contributed by atoms with Gasteiger partial charge in [0.1, 0.15) is 0 Å². The highest BCUT2D eigenvalue weighted by Gasteiger charge is 2.26. The third-order valence-electron chi connectivity index (χ3n) is 2.83. The second kappa shape index (κ2) is 3.92. The molecular weight excluding hydrogens is 244 g/mol. The lowest BCUT2D eigenvalue weighted by molar-refractivity contribution is 0.0966. The predicted molar refractivity (Wildman–Crippen MR) is 73.2 cm³/mol. The maximum atomic E-state index is 11.8. The molecule has 1 aromatic heterocycles. The first-order valence-corrected chi connectivity index (χ1v) is 6.27. The van der Waals surface area contributed by atoms with Gasteiger partial charge in [-0.2, -0.15) is 0 Å². The van der Waals surface area contributed by atoms with Gasteiger partial charge in [-0.3, -0.25) is 10.2 Å². The molecule has 88 valence electrons. The third-order valence-corrected chi connectivity index (χ3v) is 4.03. The van der Waals surface area contributed by atoms with E-state index in [0.717, 1.165) is 10.4 Å². The van der Waals surface area contributed by atoms with Crippen molar-refractivity contribution in [3.8, 4) is 10.4 Å². The van der Waals surface area contributed by atoms with E-state index in [1.807, 2.05) is 36.4 Å². The van der Waals surface area contributed by atoms with Crippen LogP contribution in [0.4, 0.5) is 0 Å². The van der Waals surface area contributed by atoms with Crippen molar-refractivity contribution in [1.29, 1.82) is 5.41 Å². The first-order chi connectivity index (χ1) is 8.66. The standard InChI is InChI=1S/C14H10N2OS/c1-8-12(15)13-10(14(17)16-8)7-11(18-13)9-5-3-2-4-6-9/h2-7,15H,1H2,(H,16,17). The van der Waals surface area contributed by atoms with Gasteiger partial charge in [0.05, 0.1) is 21.8 Å². The Labute approximate surface area is 108 Å². The average molecular weight is 254 g/mol. The molecule has 0 bridgehead atoms. The maximum Gasteiger partial charge on any atom is 0.257 e. The van der Waals surface area contributed by atoms with E-state index in [9.17, 15) is 4.79 Å². The predicted octanol–water partition coefficient (Wildman–Crippen LogP) is 3.04. The second-order valence-corrected chi connectivity index (χ2v) is 5.08. The van der Waals surface area contributed by atoms with Crippen molar-refractivity contribution in [1.82, 2.24) is 5.32 Å². The Kier molecular flexibility index (Phi) is 2.38. The van der Waals surface area contributed by atoms with Crippen molar-refractivity contribution < 1.29 is 4.79 Å². The number of nitrogens with one attached hydrogen (secondary N) is 2. The molecule has 1 aliphatic heterocycles. The van der Waals surface area contributed by atoms with Crippen LogP contribution in [0.2, 0.25) is 0 Å². The molecule has 18 heavy (non-hydrogen) atoms. The van der Waals surface area contributed by atoms with Crippen molar-refractivity contribution in [2.45, 2.75) is 0 Å². The number of hydrogen-bond acceptors (Lipinski definition) is 3. The van der Waals surface area contributed by atoms with E-state index in [-0.39, 0.29) is 5.91 Å². The number of allylic oxidation sites excluding steroid dienone is 1. The van der Waals surface area contributed by atoms with Crippen molar-refractivity contribution in [3.63, 3.8) is 0 Å². The first-order valence-electron chi connectivity index (χ1n) is 5.45. The minimum absolute atomic E-state index is 0.176. The van der Waals surface area contributed by atoms with Gasteiger partial charge in [0, 0.05) is 4.88 Å². The lowest BCUT2D eigenvalue weighted by Crippen LogP contribution is -2.32. The summed E-state index contributed by atoms with van der Waals surface area (Å²) < 4.78 is 0. The van der Waals surface area contributed by atoms with Crippen molar-refractivity contribution in [3.05, 3.63) is 59.1 Å². The minimum Gasteiger partial charge on any atom is -0.321 e. The Hall–Kier alpha value is -2.20. The fourth-order valence-electron chi connectivity index (χ4n) is 1.89. The molecule has 0 atom stereocenters. The summed E-state index contributed by atoms with van der Waals surface area (Å²) in [6.45, 7) is 3.68. The topological polar surface area (TPSA) is 53.0 Å². The average Bonchev–Trinajstić information content (AvgIpc) is 2.83. The third kappa shape index (κ3) is 1.58. The molecule has 0 spiro atoms. The Morgan fingerprint density at radius 1 is 1.22 bits per heavy atom. The largest absolute Gasteiger partial charge is 0.321 e. The van der Waals surface area contributed by atoms with E-state index in [0.29, 0.717) is 21.8 Å².